The van der Waals surface area contributed by atoms with E-state index in [0.717, 1.165) is 95.1 Å². The molecule has 4 aliphatic heterocycles. The third-order valence-corrected chi connectivity index (χ3v) is 15.5. The van der Waals surface area contributed by atoms with Crippen LogP contribution in [0.1, 0.15) is 79.9 Å². The van der Waals surface area contributed by atoms with Crippen molar-refractivity contribution in [3.63, 3.8) is 0 Å². The minimum atomic E-state index is -3.49. The summed E-state index contributed by atoms with van der Waals surface area (Å²) in [6.07, 6.45) is 10.4. The summed E-state index contributed by atoms with van der Waals surface area (Å²) in [6.45, 7) is 11.0. The van der Waals surface area contributed by atoms with Crippen molar-refractivity contribution in [3.05, 3.63) is 70.2 Å². The first-order valence-corrected chi connectivity index (χ1v) is 23.6. The summed E-state index contributed by atoms with van der Waals surface area (Å²) in [5, 5.41) is 15.5. The number of nitrogens with zero attached hydrogens (tertiary/aromatic N) is 11. The molecule has 3 saturated heterocycles. The van der Waals surface area contributed by atoms with E-state index in [4.69, 9.17) is 10.1 Å². The molecule has 324 valence electrons. The zero-order chi connectivity index (χ0) is 42.9. The fourth-order valence-electron chi connectivity index (χ4n) is 9.22. The van der Waals surface area contributed by atoms with Gasteiger partial charge in [-0.2, -0.15) is 14.3 Å². The van der Waals surface area contributed by atoms with Gasteiger partial charge in [0.2, 0.25) is 11.8 Å². The lowest BCUT2D eigenvalue weighted by Gasteiger charge is -2.43. The first kappa shape index (κ1) is 40.7. The van der Waals surface area contributed by atoms with E-state index in [9.17, 15) is 22.8 Å². The predicted molar refractivity (Wildman–Crippen MR) is 234 cm³/mol. The maximum atomic E-state index is 13.3. The predicted octanol–water partition coefficient (Wildman–Crippen LogP) is 4.06. The van der Waals surface area contributed by atoms with E-state index in [1.807, 2.05) is 18.3 Å². The van der Waals surface area contributed by atoms with Crippen molar-refractivity contribution in [2.75, 3.05) is 49.5 Å². The Kier molecular flexibility index (Phi) is 10.6. The molecule has 1 aliphatic carbocycles. The van der Waals surface area contributed by atoms with Gasteiger partial charge in [-0.15, -0.1) is 0 Å². The normalized spacial score (nSPS) is 20.7. The number of imide groups is 1. The smallest absolute Gasteiger partial charge is 0.256 e. The van der Waals surface area contributed by atoms with Crippen molar-refractivity contribution in [1.29, 1.82) is 0 Å². The molecule has 4 fully saturated rings. The summed E-state index contributed by atoms with van der Waals surface area (Å²) in [4.78, 5) is 60.4. The Hall–Kier alpha value is -5.31. The molecule has 1 aromatic carbocycles. The van der Waals surface area contributed by atoms with Gasteiger partial charge in [0.25, 0.3) is 15.9 Å². The number of pyridine rings is 1. The quantitative estimate of drug-likeness (QED) is 0.180. The number of aromatic nitrogens is 7. The van der Waals surface area contributed by atoms with Gasteiger partial charge in [-0.3, -0.25) is 34.2 Å². The topological polar surface area (TPSA) is 197 Å². The van der Waals surface area contributed by atoms with Crippen molar-refractivity contribution in [2.45, 2.75) is 88.8 Å². The van der Waals surface area contributed by atoms with Crippen LogP contribution >= 0.6 is 15.9 Å². The molecule has 3 amide bonds. The molecule has 2 N–H and O–H groups in total. The zero-order valence-corrected chi connectivity index (χ0v) is 37.0. The average molecular weight is 927 g/mol. The first-order chi connectivity index (χ1) is 29.9. The third kappa shape index (κ3) is 7.74. The van der Waals surface area contributed by atoms with Crippen molar-refractivity contribution in [2.24, 2.45) is 0 Å². The molecule has 0 bridgehead atoms. The number of benzene rings is 1. The van der Waals surface area contributed by atoms with Gasteiger partial charge in [0.05, 0.1) is 34.1 Å². The molecule has 20 heteroatoms. The highest BCUT2D eigenvalue weighted by Gasteiger charge is 2.40. The fourth-order valence-corrected chi connectivity index (χ4v) is 11.2. The van der Waals surface area contributed by atoms with Crippen LogP contribution in [0.3, 0.4) is 0 Å². The molecular weight excluding hydrogens is 879 g/mol. The number of piperazine rings is 1. The third-order valence-electron chi connectivity index (χ3n) is 12.8. The maximum absolute atomic E-state index is 13.3. The number of carbonyl (C=O) groups excluding carboxylic acids is 3. The van der Waals surface area contributed by atoms with Crippen LogP contribution in [0.4, 0.5) is 17.5 Å². The number of rotatable bonds is 11. The zero-order valence-electron chi connectivity index (χ0n) is 34.6. The molecular formula is C42H48BrN13O5S. The van der Waals surface area contributed by atoms with E-state index in [2.05, 4.69) is 80.9 Å². The molecule has 1 saturated carbocycles. The molecule has 1 unspecified atom stereocenters. The summed E-state index contributed by atoms with van der Waals surface area (Å²) in [5.41, 5.74) is 4.15. The minimum Gasteiger partial charge on any atom is -0.354 e. The maximum Gasteiger partial charge on any atom is 0.256 e. The Morgan fingerprint density at radius 2 is 1.73 bits per heavy atom. The highest BCUT2D eigenvalue weighted by molar-refractivity contribution is 9.10. The lowest BCUT2D eigenvalue weighted by molar-refractivity contribution is -0.136. The Morgan fingerprint density at radius 1 is 0.935 bits per heavy atom. The summed E-state index contributed by atoms with van der Waals surface area (Å²) >= 11 is 3.73. The summed E-state index contributed by atoms with van der Waals surface area (Å²) in [6, 6.07) is 7.73. The number of nitrogens with one attached hydrogen (secondary N) is 2. The number of amides is 3. The van der Waals surface area contributed by atoms with Crippen molar-refractivity contribution < 1.29 is 22.8 Å². The lowest BCUT2D eigenvalue weighted by atomic mass is 10.0. The lowest BCUT2D eigenvalue weighted by Crippen LogP contribution is -2.53. The minimum absolute atomic E-state index is 0.122. The number of fused-ring (bicyclic) bond motifs is 2. The Bertz CT molecular complexity index is 2700. The van der Waals surface area contributed by atoms with Crippen LogP contribution in [-0.2, 0) is 32.7 Å². The molecule has 5 aliphatic rings. The molecule has 0 spiro atoms. The van der Waals surface area contributed by atoms with E-state index in [-0.39, 0.29) is 29.5 Å². The van der Waals surface area contributed by atoms with E-state index < -0.39 is 22.0 Å². The molecule has 62 heavy (non-hydrogen) atoms. The van der Waals surface area contributed by atoms with E-state index in [0.29, 0.717) is 60.4 Å². The van der Waals surface area contributed by atoms with Gasteiger partial charge in [-0.25, -0.2) is 23.4 Å². The number of halogens is 1. The van der Waals surface area contributed by atoms with Crippen LogP contribution in [0, 0.1) is 0 Å². The van der Waals surface area contributed by atoms with Crippen LogP contribution in [0.2, 0.25) is 0 Å². The second kappa shape index (κ2) is 16.1. The van der Waals surface area contributed by atoms with Crippen LogP contribution in [0.5, 0.6) is 0 Å². The Morgan fingerprint density at radius 3 is 2.47 bits per heavy atom. The molecule has 18 nitrogen and oxygen atoms in total. The number of anilines is 3. The van der Waals surface area contributed by atoms with Crippen LogP contribution in [-0.4, -0.2) is 131 Å². The molecule has 10 rings (SSSR count). The first-order valence-electron chi connectivity index (χ1n) is 21.3. The Labute approximate surface area is 367 Å². The molecule has 1 atom stereocenters. The van der Waals surface area contributed by atoms with Crippen molar-refractivity contribution >= 4 is 72.0 Å². The van der Waals surface area contributed by atoms with E-state index >= 15 is 0 Å². The van der Waals surface area contributed by atoms with Gasteiger partial charge in [0.1, 0.15) is 17.7 Å². The largest absolute Gasteiger partial charge is 0.354 e. The van der Waals surface area contributed by atoms with E-state index in [1.54, 1.807) is 17.2 Å². The molecule has 5 aromatic rings. The van der Waals surface area contributed by atoms with Gasteiger partial charge in [-0.05, 0) is 69.2 Å². The highest BCUT2D eigenvalue weighted by atomic mass is 79.9. The van der Waals surface area contributed by atoms with Crippen molar-refractivity contribution in [1.82, 2.24) is 53.9 Å². The van der Waals surface area contributed by atoms with Gasteiger partial charge in [-0.1, -0.05) is 22.0 Å². The SMILES string of the molecule is CC(C)n1nc(N2CCC(N3CCN(Cc4cc5c(cc4Br)C(=O)N(C4CCC(=O)NC4=O)C5)CC3)CC2)c2cnc(Nc3ccnc(-c4cnn(S(=O)(=O)C5CC5)c4)n3)cc21. The summed E-state index contributed by atoms with van der Waals surface area (Å²) in [7, 11) is -3.49. The monoisotopic (exact) mass is 925 g/mol. The summed E-state index contributed by atoms with van der Waals surface area (Å²) < 4.78 is 29.3. The number of carbonyl (C=O) groups is 3. The fraction of sp³-hybridized carbons (Fsp3) is 0.476. The second-order valence-corrected chi connectivity index (χ2v) is 20.1. The summed E-state index contributed by atoms with van der Waals surface area (Å²) in [5.74, 6) is 1.59. The van der Waals surface area contributed by atoms with Gasteiger partial charge < -0.3 is 15.1 Å². The average Bonchev–Trinajstić information content (AvgIpc) is 3.77. The Balaban J connectivity index is 0.751. The molecule has 8 heterocycles. The van der Waals surface area contributed by atoms with Gasteiger partial charge in [0.15, 0.2) is 11.6 Å². The molecule has 0 radical (unpaired) electrons. The van der Waals surface area contributed by atoms with Gasteiger partial charge >= 0.3 is 0 Å². The van der Waals surface area contributed by atoms with Crippen LogP contribution in [0.15, 0.2) is 53.5 Å². The van der Waals surface area contributed by atoms with Crippen molar-refractivity contribution in [3.8, 4) is 11.4 Å². The van der Waals surface area contributed by atoms with Gasteiger partial charge in [0, 0.05) is 99.4 Å². The number of hydrogen-bond donors (Lipinski definition) is 2. The molecule has 4 aromatic heterocycles. The number of hydrogen-bond acceptors (Lipinski definition) is 14. The van der Waals surface area contributed by atoms with Crippen LogP contribution < -0.4 is 15.5 Å². The highest BCUT2D eigenvalue weighted by Crippen LogP contribution is 2.35. The second-order valence-electron chi connectivity index (χ2n) is 17.2. The van der Waals surface area contributed by atoms with E-state index in [1.165, 1.54) is 12.4 Å². The van der Waals surface area contributed by atoms with Crippen LogP contribution in [0.25, 0.3) is 22.3 Å². The number of piperidine rings is 2. The standard InChI is InChI=1S/C42H48BrN13O5S/c1-25(2)56-35-19-37(47-36-7-10-44-39(48-36)28-20-46-55(24-28)62(60,61)30-3-4-30)45-21-32(35)40(50-56)53-11-8-29(9-12-53)52-15-13-51(14-16-52)22-27-17-26-23-54(42(59)31(26)18-33(27)43)34-5-6-38(57)49-41(34)58/h7,10,17-21,24-25,29-30,34H,3-6,8-9,11-16,22-23H2,1-2H3,(H,49,57,58)(H,44,45,47,48).